The van der Waals surface area contributed by atoms with E-state index in [1.54, 1.807) is 14.2 Å². The van der Waals surface area contributed by atoms with E-state index in [1.807, 2.05) is 18.2 Å². The summed E-state index contributed by atoms with van der Waals surface area (Å²) in [4.78, 5) is 6.88. The van der Waals surface area contributed by atoms with E-state index in [1.165, 1.54) is 11.1 Å². The van der Waals surface area contributed by atoms with Crippen molar-refractivity contribution in [2.24, 2.45) is 0 Å². The number of thiocarbonyl (C=S) groups is 1. The molecule has 1 aromatic heterocycles. The minimum absolute atomic E-state index is 0.196. The van der Waals surface area contributed by atoms with E-state index < -0.39 is 0 Å². The number of hydrogen-bond donors (Lipinski definition) is 1. The third-order valence-electron chi connectivity index (χ3n) is 6.21. The second-order valence-electron chi connectivity index (χ2n) is 8.37. The van der Waals surface area contributed by atoms with Crippen molar-refractivity contribution in [2.45, 2.75) is 40.2 Å². The third-order valence-corrected chi connectivity index (χ3v) is 6.54. The van der Waals surface area contributed by atoms with Crippen LogP contribution in [0.1, 0.15) is 48.9 Å². The second kappa shape index (κ2) is 9.85. The fraction of sp³-hybridized carbons (Fsp3) is 0.346. The summed E-state index contributed by atoms with van der Waals surface area (Å²) < 4.78 is 16.6. The molecule has 3 aromatic rings. The first-order chi connectivity index (χ1) is 16.4. The van der Waals surface area contributed by atoms with Crippen LogP contribution < -0.4 is 14.8 Å². The lowest BCUT2D eigenvalue weighted by atomic mass is 9.92. The molecule has 2 aromatic carbocycles. The highest BCUT2D eigenvalue weighted by Gasteiger charge is 2.34. The summed E-state index contributed by atoms with van der Waals surface area (Å²) in [6.07, 6.45) is 0.960. The molecular weight excluding hydrogens is 448 g/mol. The molecule has 0 fully saturated rings. The van der Waals surface area contributed by atoms with Gasteiger partial charge in [0.05, 0.1) is 25.8 Å². The maximum absolute atomic E-state index is 5.83. The number of methoxy groups -OCH3 is 2. The molecule has 0 radical (unpaired) electrons. The van der Waals surface area contributed by atoms with Gasteiger partial charge in [0.1, 0.15) is 0 Å². The maximum Gasteiger partial charge on any atom is 0.258 e. The van der Waals surface area contributed by atoms with E-state index in [0.29, 0.717) is 28.3 Å². The van der Waals surface area contributed by atoms with Crippen molar-refractivity contribution in [1.82, 2.24) is 20.4 Å². The van der Waals surface area contributed by atoms with Crippen molar-refractivity contribution in [3.05, 3.63) is 64.7 Å². The molecule has 8 heteroatoms. The van der Waals surface area contributed by atoms with Crippen LogP contribution in [0.2, 0.25) is 0 Å². The molecule has 0 bridgehead atoms. The fourth-order valence-corrected chi connectivity index (χ4v) is 4.52. The van der Waals surface area contributed by atoms with E-state index in [-0.39, 0.29) is 6.04 Å². The molecule has 34 heavy (non-hydrogen) atoms. The van der Waals surface area contributed by atoms with Gasteiger partial charge in [-0.25, -0.2) is 0 Å². The summed E-state index contributed by atoms with van der Waals surface area (Å²) in [5.74, 6) is 2.18. The molecule has 0 saturated heterocycles. The zero-order chi connectivity index (χ0) is 24.4. The summed E-state index contributed by atoms with van der Waals surface area (Å²) in [5.41, 5.74) is 6.27. The highest BCUT2D eigenvalue weighted by Crippen LogP contribution is 2.38. The van der Waals surface area contributed by atoms with Crippen molar-refractivity contribution in [3.8, 4) is 22.9 Å². The third kappa shape index (κ3) is 4.37. The van der Waals surface area contributed by atoms with Crippen molar-refractivity contribution in [2.75, 3.05) is 20.8 Å². The zero-order valence-electron chi connectivity index (χ0n) is 20.4. The van der Waals surface area contributed by atoms with Crippen LogP contribution in [-0.2, 0) is 0 Å². The summed E-state index contributed by atoms with van der Waals surface area (Å²) in [7, 11) is 3.21. The Bertz CT molecular complexity index is 1250. The smallest absolute Gasteiger partial charge is 0.258 e. The van der Waals surface area contributed by atoms with Crippen molar-refractivity contribution < 1.29 is 14.0 Å². The Labute approximate surface area is 205 Å². The summed E-state index contributed by atoms with van der Waals surface area (Å²) in [5, 5.41) is 8.49. The summed E-state index contributed by atoms with van der Waals surface area (Å²) >= 11 is 5.73. The Morgan fingerprint density at radius 2 is 1.79 bits per heavy atom. The standard InChI is InChI=1S/C26H30N4O3S/c1-7-12-30-17(4)22(23(27-26(30)34)18-9-8-15(2)16(3)13-18)25-28-24(29-33-25)19-10-11-20(31-5)21(14-19)32-6/h8-11,13-14,23H,7,12H2,1-6H3,(H,27,34). The van der Waals surface area contributed by atoms with Gasteiger partial charge >= 0.3 is 0 Å². The lowest BCUT2D eigenvalue weighted by Gasteiger charge is -2.37. The molecule has 1 aliphatic rings. The second-order valence-corrected chi connectivity index (χ2v) is 8.76. The lowest BCUT2D eigenvalue weighted by molar-refractivity contribution is 0.355. The summed E-state index contributed by atoms with van der Waals surface area (Å²) in [6, 6.07) is 11.8. The van der Waals surface area contributed by atoms with Crippen LogP contribution >= 0.6 is 12.2 Å². The molecule has 1 unspecified atom stereocenters. The van der Waals surface area contributed by atoms with E-state index >= 15 is 0 Å². The van der Waals surface area contributed by atoms with Gasteiger partial charge in [-0.3, -0.25) is 0 Å². The lowest BCUT2D eigenvalue weighted by Crippen LogP contribution is -2.46. The van der Waals surface area contributed by atoms with Gasteiger partial charge in [-0.05, 0) is 74.3 Å². The first kappa shape index (κ1) is 23.8. The molecule has 0 aliphatic carbocycles. The molecule has 7 nitrogen and oxygen atoms in total. The van der Waals surface area contributed by atoms with E-state index in [0.717, 1.165) is 35.4 Å². The number of rotatable bonds is 7. The van der Waals surface area contributed by atoms with Gasteiger partial charge in [0, 0.05) is 17.8 Å². The predicted molar refractivity (Wildman–Crippen MR) is 137 cm³/mol. The van der Waals surface area contributed by atoms with Gasteiger partial charge in [0.15, 0.2) is 16.6 Å². The normalized spacial score (nSPS) is 16.0. The molecule has 0 amide bonds. The zero-order valence-corrected chi connectivity index (χ0v) is 21.2. The minimum atomic E-state index is -0.196. The number of aromatic nitrogens is 2. The van der Waals surface area contributed by atoms with Crippen LogP contribution in [-0.4, -0.2) is 40.9 Å². The van der Waals surface area contributed by atoms with Gasteiger partial charge in [0.2, 0.25) is 5.82 Å². The van der Waals surface area contributed by atoms with Crippen molar-refractivity contribution >= 4 is 22.9 Å². The molecule has 0 spiro atoms. The molecule has 1 N–H and O–H groups in total. The van der Waals surface area contributed by atoms with Gasteiger partial charge in [-0.1, -0.05) is 30.3 Å². The van der Waals surface area contributed by atoms with Crippen molar-refractivity contribution in [1.29, 1.82) is 0 Å². The Hall–Kier alpha value is -3.39. The van der Waals surface area contributed by atoms with Gasteiger partial charge < -0.3 is 24.2 Å². The number of hydrogen-bond acceptors (Lipinski definition) is 6. The van der Waals surface area contributed by atoms with Crippen LogP contribution in [0.4, 0.5) is 0 Å². The maximum atomic E-state index is 5.83. The molecule has 4 rings (SSSR count). The van der Waals surface area contributed by atoms with Gasteiger partial charge in [0.25, 0.3) is 5.89 Å². The fourth-order valence-electron chi connectivity index (χ4n) is 4.17. The molecule has 178 valence electrons. The molecule has 1 aliphatic heterocycles. The Morgan fingerprint density at radius 1 is 1.03 bits per heavy atom. The molecule has 2 heterocycles. The van der Waals surface area contributed by atoms with Crippen LogP contribution in [0.15, 0.2) is 46.6 Å². The number of aryl methyl sites for hydroxylation is 2. The van der Waals surface area contributed by atoms with Gasteiger partial charge in [-0.15, -0.1) is 0 Å². The first-order valence-electron chi connectivity index (χ1n) is 11.3. The van der Waals surface area contributed by atoms with E-state index in [4.69, 9.17) is 31.2 Å². The minimum Gasteiger partial charge on any atom is -0.493 e. The van der Waals surface area contributed by atoms with Crippen molar-refractivity contribution in [3.63, 3.8) is 0 Å². The SMILES string of the molecule is CCCN1C(=S)NC(c2ccc(C)c(C)c2)C(c2nc(-c3ccc(OC)c(OC)c3)no2)=C1C. The average molecular weight is 479 g/mol. The number of ether oxygens (including phenoxy) is 2. The molecule has 1 atom stereocenters. The monoisotopic (exact) mass is 478 g/mol. The van der Waals surface area contributed by atoms with E-state index in [2.05, 4.69) is 61.3 Å². The predicted octanol–water partition coefficient (Wildman–Crippen LogP) is 5.44. The van der Waals surface area contributed by atoms with E-state index in [9.17, 15) is 0 Å². The van der Waals surface area contributed by atoms with Crippen LogP contribution in [0.25, 0.3) is 17.0 Å². The highest BCUT2D eigenvalue weighted by atomic mass is 32.1. The Morgan fingerprint density at radius 3 is 2.47 bits per heavy atom. The highest BCUT2D eigenvalue weighted by molar-refractivity contribution is 7.80. The number of nitrogens with zero attached hydrogens (tertiary/aromatic N) is 3. The van der Waals surface area contributed by atoms with Crippen LogP contribution in [0.3, 0.4) is 0 Å². The van der Waals surface area contributed by atoms with Crippen LogP contribution in [0.5, 0.6) is 11.5 Å². The topological polar surface area (TPSA) is 72.7 Å². The quantitative estimate of drug-likeness (QED) is 0.450. The number of nitrogens with one attached hydrogen (secondary N) is 1. The van der Waals surface area contributed by atoms with Gasteiger partial charge in [-0.2, -0.15) is 4.98 Å². The number of allylic oxidation sites excluding steroid dienone is 1. The summed E-state index contributed by atoms with van der Waals surface area (Å²) in [6.45, 7) is 9.22. The largest absolute Gasteiger partial charge is 0.493 e. The average Bonchev–Trinajstić information content (AvgIpc) is 3.32. The number of benzene rings is 2. The Kier molecular flexibility index (Phi) is 6.88. The Balaban J connectivity index is 1.81. The molecular formula is C26H30N4O3S. The molecule has 0 saturated carbocycles. The van der Waals surface area contributed by atoms with Crippen LogP contribution in [0, 0.1) is 13.8 Å². The first-order valence-corrected chi connectivity index (χ1v) is 11.7.